The van der Waals surface area contributed by atoms with Crippen LogP contribution in [0, 0.1) is 5.92 Å². The molecule has 1 saturated carbocycles. The quantitative estimate of drug-likeness (QED) is 0.351. The van der Waals surface area contributed by atoms with Crippen LogP contribution in [0.4, 0.5) is 0 Å². The van der Waals surface area contributed by atoms with E-state index in [2.05, 4.69) is 0 Å². The summed E-state index contributed by atoms with van der Waals surface area (Å²) < 4.78 is 9.43. The van der Waals surface area contributed by atoms with E-state index in [4.69, 9.17) is 20.9 Å². The summed E-state index contributed by atoms with van der Waals surface area (Å²) in [6.07, 6.45) is 4.80. The molecule has 0 amide bonds. The van der Waals surface area contributed by atoms with Gasteiger partial charge in [0, 0.05) is 47.0 Å². The van der Waals surface area contributed by atoms with Gasteiger partial charge in [-0.15, -0.1) is 0 Å². The average molecular weight is 513 g/mol. The maximum Gasteiger partial charge on any atom is 0.331 e. The van der Waals surface area contributed by atoms with Gasteiger partial charge in [-0.1, -0.05) is 12.8 Å². The molecule has 138 valence electrons. The number of Topliss-reactive ketones (excluding diaryl/α,β-unsaturated/α-hetero) is 1. The monoisotopic (exact) mass is 513 g/mol. The average Bonchev–Trinajstić information content (AvgIpc) is 2.30. The third-order valence-electron chi connectivity index (χ3n) is 3.45. The molecule has 0 bridgehead atoms. The first-order chi connectivity index (χ1) is 9.64. The minimum Gasteiger partial charge on any atom is -0.422 e. The van der Waals surface area contributed by atoms with Gasteiger partial charge >= 0.3 is 11.9 Å². The van der Waals surface area contributed by atoms with Crippen molar-refractivity contribution in [3.05, 3.63) is 0 Å². The SMILES string of the molecule is CC(=O)C1C(=O)OC(C)(C)OC1=O.N[C@@H]1CCCC[C@H]1N.O.[Pt]. The van der Waals surface area contributed by atoms with Crippen molar-refractivity contribution in [2.45, 2.75) is 64.3 Å². The summed E-state index contributed by atoms with van der Waals surface area (Å²) in [5, 5.41) is 0. The van der Waals surface area contributed by atoms with Gasteiger partial charge in [-0.25, -0.2) is 0 Å². The summed E-state index contributed by atoms with van der Waals surface area (Å²) in [5.74, 6) is -4.92. The molecule has 0 aromatic heterocycles. The molecule has 0 unspecified atom stereocenters. The maximum absolute atomic E-state index is 11.1. The zero-order valence-electron chi connectivity index (χ0n) is 13.6. The van der Waals surface area contributed by atoms with Crippen LogP contribution >= 0.6 is 0 Å². The van der Waals surface area contributed by atoms with E-state index in [1.165, 1.54) is 26.7 Å². The van der Waals surface area contributed by atoms with E-state index in [0.717, 1.165) is 19.8 Å². The summed E-state index contributed by atoms with van der Waals surface area (Å²) in [7, 11) is 0. The Morgan fingerprint density at radius 1 is 1.04 bits per heavy atom. The topological polar surface area (TPSA) is 153 Å². The Kier molecular flexibility index (Phi) is 10.8. The van der Waals surface area contributed by atoms with E-state index >= 15 is 0 Å². The molecule has 0 spiro atoms. The Morgan fingerprint density at radius 2 is 1.39 bits per heavy atom. The van der Waals surface area contributed by atoms with E-state index in [1.54, 1.807) is 0 Å². The van der Waals surface area contributed by atoms with Crippen LogP contribution in [0.25, 0.3) is 0 Å². The maximum atomic E-state index is 11.1. The second-order valence-electron chi connectivity index (χ2n) is 5.90. The fourth-order valence-electron chi connectivity index (χ4n) is 2.24. The first-order valence-corrected chi connectivity index (χ1v) is 7.11. The van der Waals surface area contributed by atoms with Gasteiger partial charge in [0.05, 0.1) is 0 Å². The molecule has 0 aromatic rings. The van der Waals surface area contributed by atoms with Crippen LogP contribution in [0.3, 0.4) is 0 Å². The Morgan fingerprint density at radius 3 is 1.65 bits per heavy atom. The van der Waals surface area contributed by atoms with Gasteiger partial charge in [0.15, 0.2) is 5.78 Å². The number of hydrogen-bond acceptors (Lipinski definition) is 7. The molecule has 2 aliphatic rings. The van der Waals surface area contributed by atoms with Crippen LogP contribution in [0.15, 0.2) is 0 Å². The van der Waals surface area contributed by atoms with Gasteiger partial charge in [0.25, 0.3) is 5.79 Å². The van der Waals surface area contributed by atoms with E-state index in [9.17, 15) is 14.4 Å². The molecule has 1 aliphatic carbocycles. The van der Waals surface area contributed by atoms with Gasteiger partial charge < -0.3 is 26.4 Å². The Balaban J connectivity index is 0. The Hall–Kier alpha value is -0.822. The number of ether oxygens (including phenoxy) is 2. The summed E-state index contributed by atoms with van der Waals surface area (Å²) >= 11 is 0. The Bertz CT molecular complexity index is 399. The van der Waals surface area contributed by atoms with Crippen molar-refractivity contribution in [1.29, 1.82) is 0 Å². The molecule has 1 aliphatic heterocycles. The van der Waals surface area contributed by atoms with Crippen LogP contribution in [0.5, 0.6) is 0 Å². The number of carbonyl (C=O) groups is 3. The van der Waals surface area contributed by atoms with Crippen molar-refractivity contribution in [1.82, 2.24) is 0 Å². The zero-order chi connectivity index (χ0) is 16.2. The van der Waals surface area contributed by atoms with Gasteiger partial charge in [0.1, 0.15) is 0 Å². The Labute approximate surface area is 150 Å². The largest absolute Gasteiger partial charge is 0.422 e. The smallest absolute Gasteiger partial charge is 0.331 e. The third-order valence-corrected chi connectivity index (χ3v) is 3.45. The molecular weight excluding hydrogens is 487 g/mol. The molecule has 8 nitrogen and oxygen atoms in total. The molecule has 9 heteroatoms. The van der Waals surface area contributed by atoms with Crippen molar-refractivity contribution in [2.24, 2.45) is 17.4 Å². The van der Waals surface area contributed by atoms with Crippen molar-refractivity contribution >= 4 is 17.7 Å². The number of ketones is 1. The fraction of sp³-hybridized carbons (Fsp3) is 0.786. The van der Waals surface area contributed by atoms with E-state index in [-0.39, 0.29) is 38.6 Å². The van der Waals surface area contributed by atoms with Gasteiger partial charge in [-0.05, 0) is 19.8 Å². The zero-order valence-corrected chi connectivity index (χ0v) is 15.8. The molecule has 0 radical (unpaired) electrons. The van der Waals surface area contributed by atoms with Crippen molar-refractivity contribution < 1.29 is 50.4 Å². The van der Waals surface area contributed by atoms with Crippen molar-refractivity contribution in [3.63, 3.8) is 0 Å². The van der Waals surface area contributed by atoms with Gasteiger partial charge in [-0.2, -0.15) is 0 Å². The van der Waals surface area contributed by atoms with Crippen LogP contribution < -0.4 is 11.5 Å². The number of rotatable bonds is 1. The first-order valence-electron chi connectivity index (χ1n) is 7.11. The van der Waals surface area contributed by atoms with E-state index in [1.807, 2.05) is 0 Å². The molecule has 0 aromatic carbocycles. The van der Waals surface area contributed by atoms with Crippen LogP contribution in [-0.2, 0) is 44.9 Å². The predicted octanol–water partition coefficient (Wildman–Crippen LogP) is -0.584. The summed E-state index contributed by atoms with van der Waals surface area (Å²) in [5.41, 5.74) is 11.3. The fourth-order valence-corrected chi connectivity index (χ4v) is 2.24. The molecule has 6 N–H and O–H groups in total. The molecule has 2 fully saturated rings. The minimum atomic E-state index is -1.41. The van der Waals surface area contributed by atoms with Gasteiger partial charge in [0.2, 0.25) is 5.92 Å². The van der Waals surface area contributed by atoms with Crippen LogP contribution in [0.1, 0.15) is 46.5 Å². The molecule has 2 atom stereocenters. The van der Waals surface area contributed by atoms with Gasteiger partial charge in [-0.3, -0.25) is 14.4 Å². The predicted molar refractivity (Wildman–Crippen MR) is 78.5 cm³/mol. The standard InChI is InChI=1S/C8H10O5.C6H14N2.H2O.Pt/c1-4(9)5-6(10)12-8(2,3)13-7(5)11;7-5-3-1-2-4-6(5)8;;/h5H,1-3H3;5-6H,1-4,7-8H2;1H2;/t;5-,6-;;/m.1../s1. The van der Waals surface area contributed by atoms with Crippen molar-refractivity contribution in [3.8, 4) is 0 Å². The number of carbonyl (C=O) groups excluding carboxylic acids is 3. The molecule has 1 saturated heterocycles. The number of esters is 2. The summed E-state index contributed by atoms with van der Waals surface area (Å²) in [4.78, 5) is 33.1. The third kappa shape index (κ3) is 7.52. The normalized spacial score (nSPS) is 26.3. The number of hydrogen-bond donors (Lipinski definition) is 2. The number of nitrogens with two attached hydrogens (primary N) is 2. The van der Waals surface area contributed by atoms with Crippen molar-refractivity contribution in [2.75, 3.05) is 0 Å². The minimum absolute atomic E-state index is 0. The van der Waals surface area contributed by atoms with E-state index in [0.29, 0.717) is 0 Å². The van der Waals surface area contributed by atoms with Crippen LogP contribution in [0.2, 0.25) is 0 Å². The summed E-state index contributed by atoms with van der Waals surface area (Å²) in [6.45, 7) is 4.00. The molecule has 1 heterocycles. The van der Waals surface area contributed by atoms with Crippen LogP contribution in [-0.4, -0.2) is 41.1 Å². The molecule has 2 rings (SSSR count). The summed E-state index contributed by atoms with van der Waals surface area (Å²) in [6, 6.07) is 0.562. The second-order valence-corrected chi connectivity index (χ2v) is 5.90. The second kappa shape index (κ2) is 10.1. The molecular formula is C14H26N2O6Pt. The first kappa shape index (κ1) is 24.4. The van der Waals surface area contributed by atoms with E-state index < -0.39 is 29.4 Å². The molecule has 23 heavy (non-hydrogen) atoms. The number of cyclic esters (lactones) is 2.